The molecule has 35 heavy (non-hydrogen) atoms. The minimum atomic E-state index is -3.00. The van der Waals surface area contributed by atoms with Gasteiger partial charge in [-0.3, -0.25) is 9.13 Å². The summed E-state index contributed by atoms with van der Waals surface area (Å²) >= 11 is 0. The third-order valence-electron chi connectivity index (χ3n) is 1.30. The molecule has 0 saturated heterocycles. The van der Waals surface area contributed by atoms with Gasteiger partial charge in [0.1, 0.15) is 0 Å². The molecule has 11 heteroatoms. The third-order valence-corrected chi connectivity index (χ3v) is 3.90. The Bertz CT molecular complexity index is 337. The third kappa shape index (κ3) is 127. The largest absolute Gasteiger partial charge is 0.400 e. The minimum absolute atomic E-state index is 0. The second-order valence-electron chi connectivity index (χ2n) is 4.81. The van der Waals surface area contributed by atoms with Gasteiger partial charge in [-0.25, -0.2) is 13.3 Å². The van der Waals surface area contributed by atoms with Gasteiger partial charge in [0.05, 0.1) is 19.3 Å². The number of aliphatic hydroxyl groups excluding tert-OH is 1. The Morgan fingerprint density at radius 2 is 0.914 bits per heavy atom. The molecule has 0 aromatic carbocycles. The van der Waals surface area contributed by atoms with E-state index in [0.717, 1.165) is 7.11 Å². The van der Waals surface area contributed by atoms with Crippen molar-refractivity contribution >= 4 is 15.2 Å². The van der Waals surface area contributed by atoms with E-state index in [1.165, 1.54) is 20.0 Å². The van der Waals surface area contributed by atoms with Crippen molar-refractivity contribution in [1.82, 2.24) is 0 Å². The molecule has 0 saturated carbocycles. The van der Waals surface area contributed by atoms with Gasteiger partial charge < -0.3 is 51.9 Å². The van der Waals surface area contributed by atoms with E-state index >= 15 is 0 Å². The van der Waals surface area contributed by atoms with Gasteiger partial charge in [0.25, 0.3) is 0 Å². The van der Waals surface area contributed by atoms with E-state index in [0.29, 0.717) is 13.2 Å². The average molecular weight is 705 g/mol. The van der Waals surface area contributed by atoms with Crippen molar-refractivity contribution < 1.29 is 97.7 Å². The molecule has 0 aliphatic rings. The van der Waals surface area contributed by atoms with E-state index < -0.39 is 15.2 Å². The van der Waals surface area contributed by atoms with E-state index in [9.17, 15) is 9.13 Å². The zero-order valence-corrected chi connectivity index (χ0v) is 32.6. The maximum atomic E-state index is 11.1. The van der Waals surface area contributed by atoms with Crippen molar-refractivity contribution in [1.29, 1.82) is 0 Å². The van der Waals surface area contributed by atoms with Crippen LogP contribution in [0.1, 0.15) is 89.5 Å². The molecule has 2 unspecified atom stereocenters. The normalized spacial score (nSPS) is 10.6. The Kier molecular flexibility index (Phi) is 155. The molecule has 0 aliphatic heterocycles. The maximum absolute atomic E-state index is 11.1. The predicted molar refractivity (Wildman–Crippen MR) is 154 cm³/mol. The maximum Gasteiger partial charge on any atom is 0.184 e. The molecule has 7 nitrogen and oxygen atoms in total. The summed E-state index contributed by atoms with van der Waals surface area (Å²) in [5.41, 5.74) is 0. The monoisotopic (exact) mass is 704 g/mol. The van der Waals surface area contributed by atoms with Crippen LogP contribution in [0.5, 0.6) is 0 Å². The van der Waals surface area contributed by atoms with E-state index in [1.807, 2.05) is 0 Å². The Morgan fingerprint density at radius 1 is 0.714 bits per heavy atom. The zero-order chi connectivity index (χ0) is 26.2. The average Bonchev–Trinajstić information content (AvgIpc) is 2.67. The first kappa shape index (κ1) is 76.8. The van der Waals surface area contributed by atoms with Crippen LogP contribution in [0.4, 0.5) is 0 Å². The van der Waals surface area contributed by atoms with Gasteiger partial charge in [0.2, 0.25) is 0 Å². The Labute approximate surface area is 275 Å². The van der Waals surface area contributed by atoms with Gasteiger partial charge in [-0.2, -0.15) is 13.8 Å². The minimum Gasteiger partial charge on any atom is -0.400 e. The van der Waals surface area contributed by atoms with Crippen LogP contribution < -0.4 is 0 Å². The molecule has 2 radical (unpaired) electrons. The summed E-state index contributed by atoms with van der Waals surface area (Å²) in [4.78, 5) is 0. The summed E-state index contributed by atoms with van der Waals surface area (Å²) in [6, 6.07) is 0. The van der Waals surface area contributed by atoms with Crippen molar-refractivity contribution in [3.63, 3.8) is 0 Å². The molecule has 0 aromatic heterocycles. The molecule has 0 aromatic rings. The van der Waals surface area contributed by atoms with Crippen molar-refractivity contribution in [2.45, 2.75) is 95.6 Å². The van der Waals surface area contributed by atoms with Crippen LogP contribution in [0.2, 0.25) is 0 Å². The number of hydrogen-bond donors (Lipinski definition) is 1. The fourth-order valence-corrected chi connectivity index (χ4v) is 2.39. The van der Waals surface area contributed by atoms with Gasteiger partial charge in [-0.1, -0.05) is 48.0 Å². The smallest absolute Gasteiger partial charge is 0.184 e. The van der Waals surface area contributed by atoms with Crippen LogP contribution in [0.15, 0.2) is 0 Å². The molecule has 224 valence electrons. The summed E-state index contributed by atoms with van der Waals surface area (Å²) < 4.78 is 40.4. The Balaban J connectivity index is -0.0000000192. The molecule has 0 fully saturated rings. The van der Waals surface area contributed by atoms with Crippen LogP contribution in [-0.2, 0) is 92.6 Å². The summed E-state index contributed by atoms with van der Waals surface area (Å²) in [6.45, 7) is 32.8. The second-order valence-corrected chi connectivity index (χ2v) is 8.34. The molecule has 0 amide bonds. The van der Waals surface area contributed by atoms with Crippen LogP contribution in [0, 0.1) is 42.0 Å². The summed E-state index contributed by atoms with van der Waals surface area (Å²) in [5.74, 6) is 0. The van der Waals surface area contributed by atoms with Crippen molar-refractivity contribution in [3.05, 3.63) is 42.0 Å². The summed E-state index contributed by atoms with van der Waals surface area (Å²) in [7, 11) is -3.61. The van der Waals surface area contributed by atoms with Gasteiger partial charge in [0.15, 0.2) is 15.2 Å². The number of hydrogen-bond acceptors (Lipinski definition) is 7. The standard InChI is InChI=1S/C6H14O3P.C4H10O3P.2C3H8.2C2H5.CH4O.CH4.2CH3.2Y/c1-5-8-10(4,7)9-6(2)3;1-4-7-8(3,5)6-2;2*1-3-2;3*1-2;;;;;/h6H,4-5H2,1-3H3;3-4H2,1-2H3;2*3H2,1-2H3;2*1H2,2H3;2H,1H3;1H4;2*1H3;;/q2*-1;;;2*-1;;;2*-1;;. The first-order valence-electron chi connectivity index (χ1n) is 10.2. The van der Waals surface area contributed by atoms with Gasteiger partial charge >= 0.3 is 0 Å². The molecule has 0 rings (SSSR count). The van der Waals surface area contributed by atoms with Gasteiger partial charge in [-0.15, -0.1) is 0 Å². The van der Waals surface area contributed by atoms with Crippen molar-refractivity contribution in [2.24, 2.45) is 0 Å². The molecule has 0 heterocycles. The Hall–Kier alpha value is 2.47. The first-order chi connectivity index (χ1) is 13.9. The topological polar surface area (TPSA) is 91.3 Å². The number of aliphatic hydroxyl groups is 1. The molecular formula is C24H64O7P2Y2-6. The molecule has 0 aliphatic carbocycles. The summed E-state index contributed by atoms with van der Waals surface area (Å²) in [5, 5.41) is 7.00. The van der Waals surface area contributed by atoms with Crippen LogP contribution in [-0.4, -0.2) is 38.6 Å². The van der Waals surface area contributed by atoms with E-state index in [-0.39, 0.29) is 93.8 Å². The van der Waals surface area contributed by atoms with Crippen LogP contribution in [0.3, 0.4) is 0 Å². The van der Waals surface area contributed by atoms with E-state index in [1.54, 1.807) is 41.5 Å². The fraction of sp³-hybridized carbons (Fsp3) is 0.750. The number of rotatable bonds is 7. The van der Waals surface area contributed by atoms with Crippen molar-refractivity contribution in [2.75, 3.05) is 27.4 Å². The molecule has 0 bridgehead atoms. The van der Waals surface area contributed by atoms with E-state index in [2.05, 4.69) is 63.9 Å². The quantitative estimate of drug-likeness (QED) is 0.209. The zero-order valence-electron chi connectivity index (χ0n) is 25.2. The van der Waals surface area contributed by atoms with E-state index in [4.69, 9.17) is 14.2 Å². The second kappa shape index (κ2) is 70.7. The SMILES string of the molecule is C.CCC.CCC.CO.[CH2-]C.[CH2-]C.[CH2-]P(=O)(OC)OCC.[CH2-]P(=O)(OCC)OC(C)C.[CH3-].[CH3-].[Y].[Y]. The summed E-state index contributed by atoms with van der Waals surface area (Å²) in [6.07, 6.45) is 2.40. The van der Waals surface area contributed by atoms with Gasteiger partial charge in [0, 0.05) is 79.6 Å². The van der Waals surface area contributed by atoms with Gasteiger partial charge in [-0.05, 0) is 27.7 Å². The van der Waals surface area contributed by atoms with Crippen molar-refractivity contribution in [3.8, 4) is 0 Å². The Morgan fingerprint density at radius 3 is 1.03 bits per heavy atom. The first-order valence-corrected chi connectivity index (χ1v) is 13.7. The van der Waals surface area contributed by atoms with Crippen LogP contribution >= 0.6 is 15.2 Å². The molecular weight excluding hydrogens is 640 g/mol. The molecule has 1 N–H and O–H groups in total. The molecule has 0 spiro atoms. The fourth-order valence-electron chi connectivity index (χ4n) is 0.798. The van der Waals surface area contributed by atoms with Crippen LogP contribution in [0.25, 0.3) is 0 Å². The predicted octanol–water partition coefficient (Wildman–Crippen LogP) is 9.74. The molecule has 2 atom stereocenters.